The molecule has 1 atom stereocenters. The number of rotatable bonds is 9. The zero-order chi connectivity index (χ0) is 21.9. The van der Waals surface area contributed by atoms with Crippen LogP contribution in [0.5, 0.6) is 11.5 Å². The zero-order valence-electron chi connectivity index (χ0n) is 18.4. The number of benzene rings is 1. The highest BCUT2D eigenvalue weighted by atomic mass is 16.5. The third-order valence-electron chi connectivity index (χ3n) is 5.39. The van der Waals surface area contributed by atoms with E-state index in [1.54, 1.807) is 20.4 Å². The normalized spacial score (nSPS) is 15.7. The zero-order valence-corrected chi connectivity index (χ0v) is 18.4. The average Bonchev–Trinajstić information content (AvgIpc) is 3.35. The molecule has 2 heterocycles. The number of nitrogens with zero attached hydrogens (tertiary/aromatic N) is 2. The van der Waals surface area contributed by atoms with E-state index < -0.39 is 0 Å². The Morgan fingerprint density at radius 2 is 2.06 bits per heavy atom. The Kier molecular flexibility index (Phi) is 8.68. The van der Waals surface area contributed by atoms with Gasteiger partial charge in [-0.3, -0.25) is 9.89 Å². The number of nitrogens with one attached hydrogen (secondary N) is 2. The fourth-order valence-electron chi connectivity index (χ4n) is 3.78. The summed E-state index contributed by atoms with van der Waals surface area (Å²) < 4.78 is 16.7. The number of terminal acetylenes is 1. The van der Waals surface area contributed by atoms with Crippen LogP contribution in [0, 0.1) is 12.3 Å². The molecule has 2 aromatic rings. The second-order valence-corrected chi connectivity index (χ2v) is 7.41. The maximum absolute atomic E-state index is 5.73. The van der Waals surface area contributed by atoms with Gasteiger partial charge in [-0.25, -0.2) is 0 Å². The molecule has 1 saturated heterocycles. The molecule has 0 radical (unpaired) electrons. The van der Waals surface area contributed by atoms with Crippen molar-refractivity contribution in [2.75, 3.05) is 40.4 Å². The molecule has 7 nitrogen and oxygen atoms in total. The van der Waals surface area contributed by atoms with Gasteiger partial charge < -0.3 is 24.5 Å². The summed E-state index contributed by atoms with van der Waals surface area (Å²) in [5, 5.41) is 6.81. The van der Waals surface area contributed by atoms with Gasteiger partial charge in [0.1, 0.15) is 12.4 Å². The van der Waals surface area contributed by atoms with Crippen LogP contribution in [0.3, 0.4) is 0 Å². The van der Waals surface area contributed by atoms with Crippen molar-refractivity contribution >= 4 is 5.96 Å². The molecule has 0 amide bonds. The molecule has 1 aliphatic rings. The minimum atomic E-state index is 0.179. The summed E-state index contributed by atoms with van der Waals surface area (Å²) in [5.74, 6) is 5.48. The smallest absolute Gasteiger partial charge is 0.191 e. The first kappa shape index (κ1) is 22.6. The van der Waals surface area contributed by atoms with Gasteiger partial charge >= 0.3 is 0 Å². The van der Waals surface area contributed by atoms with Crippen molar-refractivity contribution in [2.45, 2.75) is 31.8 Å². The third-order valence-corrected chi connectivity index (χ3v) is 5.39. The first-order chi connectivity index (χ1) is 15.2. The molecule has 3 rings (SSSR count). The van der Waals surface area contributed by atoms with Crippen LogP contribution in [0.25, 0.3) is 0 Å². The topological polar surface area (TPSA) is 71.3 Å². The van der Waals surface area contributed by atoms with Crippen LogP contribution < -0.4 is 20.1 Å². The van der Waals surface area contributed by atoms with E-state index in [-0.39, 0.29) is 12.6 Å². The van der Waals surface area contributed by atoms with Crippen molar-refractivity contribution < 1.29 is 13.9 Å². The molecule has 2 N–H and O–H groups in total. The Labute approximate surface area is 184 Å². The van der Waals surface area contributed by atoms with Crippen LogP contribution in [-0.2, 0) is 6.54 Å². The van der Waals surface area contributed by atoms with Gasteiger partial charge in [-0.05, 0) is 55.8 Å². The number of hydrogen-bond acceptors (Lipinski definition) is 5. The molecule has 7 heteroatoms. The van der Waals surface area contributed by atoms with Crippen LogP contribution in [-0.4, -0.2) is 51.3 Å². The largest absolute Gasteiger partial charge is 0.493 e. The van der Waals surface area contributed by atoms with Crippen molar-refractivity contribution in [3.63, 3.8) is 0 Å². The van der Waals surface area contributed by atoms with Gasteiger partial charge in [0.05, 0.1) is 19.4 Å². The van der Waals surface area contributed by atoms with Crippen LogP contribution >= 0.6 is 0 Å². The molecule has 1 aromatic carbocycles. The van der Waals surface area contributed by atoms with E-state index in [9.17, 15) is 0 Å². The van der Waals surface area contributed by atoms with Gasteiger partial charge in [0.15, 0.2) is 17.5 Å². The number of methoxy groups -OCH3 is 1. The first-order valence-corrected chi connectivity index (χ1v) is 10.7. The predicted molar refractivity (Wildman–Crippen MR) is 122 cm³/mol. The molecule has 0 spiro atoms. The second-order valence-electron chi connectivity index (χ2n) is 7.41. The van der Waals surface area contributed by atoms with Gasteiger partial charge in [-0.1, -0.05) is 18.4 Å². The summed E-state index contributed by atoms with van der Waals surface area (Å²) in [7, 11) is 3.38. The number of ether oxygens (including phenoxy) is 2. The van der Waals surface area contributed by atoms with Gasteiger partial charge in [0, 0.05) is 20.1 Å². The Morgan fingerprint density at radius 3 is 2.74 bits per heavy atom. The van der Waals surface area contributed by atoms with E-state index in [0.717, 1.165) is 30.4 Å². The fourth-order valence-corrected chi connectivity index (χ4v) is 3.78. The van der Waals surface area contributed by atoms with E-state index in [1.165, 1.54) is 19.3 Å². The summed E-state index contributed by atoms with van der Waals surface area (Å²) in [6, 6.07) is 9.97. The maximum Gasteiger partial charge on any atom is 0.191 e. The Morgan fingerprint density at radius 1 is 1.23 bits per heavy atom. The molecule has 0 bridgehead atoms. The number of aliphatic imine (C=N–C) groups is 1. The molecular weight excluding hydrogens is 392 g/mol. The lowest BCUT2D eigenvalue weighted by Gasteiger charge is -2.33. The molecule has 1 aromatic heterocycles. The molecule has 1 unspecified atom stereocenters. The summed E-state index contributed by atoms with van der Waals surface area (Å²) in [6.07, 6.45) is 10.8. The van der Waals surface area contributed by atoms with E-state index in [2.05, 4.69) is 26.4 Å². The fraction of sp³-hybridized carbons (Fsp3) is 0.458. The SMILES string of the molecule is C#CCOc1cc(CNC(=NC)NCC(c2ccco2)N2CCCCC2)ccc1OC. The highest BCUT2D eigenvalue weighted by Crippen LogP contribution is 2.28. The van der Waals surface area contributed by atoms with Crippen LogP contribution in [0.15, 0.2) is 46.0 Å². The lowest BCUT2D eigenvalue weighted by Crippen LogP contribution is -2.44. The minimum Gasteiger partial charge on any atom is -0.493 e. The van der Waals surface area contributed by atoms with Gasteiger partial charge in [0.25, 0.3) is 0 Å². The van der Waals surface area contributed by atoms with Crippen LogP contribution in [0.2, 0.25) is 0 Å². The van der Waals surface area contributed by atoms with E-state index in [0.29, 0.717) is 24.6 Å². The van der Waals surface area contributed by atoms with Crippen LogP contribution in [0.4, 0.5) is 0 Å². The summed E-state index contributed by atoms with van der Waals surface area (Å²) >= 11 is 0. The maximum atomic E-state index is 5.73. The third kappa shape index (κ3) is 6.43. The van der Waals surface area contributed by atoms with Crippen molar-refractivity contribution in [1.29, 1.82) is 0 Å². The first-order valence-electron chi connectivity index (χ1n) is 10.7. The van der Waals surface area contributed by atoms with E-state index in [1.807, 2.05) is 30.3 Å². The second kappa shape index (κ2) is 11.9. The number of hydrogen-bond donors (Lipinski definition) is 2. The Bertz CT molecular complexity index is 867. The minimum absolute atomic E-state index is 0.179. The van der Waals surface area contributed by atoms with Crippen molar-refractivity contribution in [3.05, 3.63) is 47.9 Å². The lowest BCUT2D eigenvalue weighted by atomic mass is 10.1. The lowest BCUT2D eigenvalue weighted by molar-refractivity contribution is 0.146. The summed E-state index contributed by atoms with van der Waals surface area (Å²) in [6.45, 7) is 3.68. The Balaban J connectivity index is 1.59. The van der Waals surface area contributed by atoms with E-state index >= 15 is 0 Å². The number of guanidine groups is 1. The molecule has 1 aliphatic heterocycles. The summed E-state index contributed by atoms with van der Waals surface area (Å²) in [5.41, 5.74) is 1.04. The molecule has 0 aliphatic carbocycles. The molecule has 166 valence electrons. The summed E-state index contributed by atoms with van der Waals surface area (Å²) in [4.78, 5) is 6.86. The van der Waals surface area contributed by atoms with Crippen molar-refractivity contribution in [3.8, 4) is 23.8 Å². The van der Waals surface area contributed by atoms with Gasteiger partial charge in [-0.2, -0.15) is 0 Å². The highest BCUT2D eigenvalue weighted by molar-refractivity contribution is 5.79. The number of piperidine rings is 1. The monoisotopic (exact) mass is 424 g/mol. The Hall–Kier alpha value is -3.11. The number of likely N-dealkylation sites (tertiary alicyclic amines) is 1. The van der Waals surface area contributed by atoms with Crippen molar-refractivity contribution in [1.82, 2.24) is 15.5 Å². The van der Waals surface area contributed by atoms with Gasteiger partial charge in [0.2, 0.25) is 0 Å². The number of furan rings is 1. The quantitative estimate of drug-likeness (QED) is 0.366. The van der Waals surface area contributed by atoms with Gasteiger partial charge in [-0.15, -0.1) is 6.42 Å². The predicted octanol–water partition coefficient (Wildman–Crippen LogP) is 3.19. The molecule has 0 saturated carbocycles. The molecular formula is C24H32N4O3. The standard InChI is InChI=1S/C24H32N4O3/c1-4-14-30-23-16-19(10-11-22(23)29-3)17-26-24(25-2)27-18-20(21-9-8-15-31-21)28-12-6-5-7-13-28/h1,8-11,15-16,20H,5-7,12-14,17-18H2,2-3H3,(H2,25,26,27). The van der Waals surface area contributed by atoms with Crippen LogP contribution in [0.1, 0.15) is 36.6 Å². The molecule has 31 heavy (non-hydrogen) atoms. The average molecular weight is 425 g/mol. The highest BCUT2D eigenvalue weighted by Gasteiger charge is 2.24. The van der Waals surface area contributed by atoms with E-state index in [4.69, 9.17) is 20.3 Å². The van der Waals surface area contributed by atoms with Crippen molar-refractivity contribution in [2.24, 2.45) is 4.99 Å². The molecule has 1 fully saturated rings.